The molecule has 1 rings (SSSR count). The minimum atomic E-state index is -4.22. The fraction of sp³-hybridized carbons (Fsp3) is 1.00. The quantitative estimate of drug-likeness (QED) is 0.558. The molecular weight excluding hydrogens is 159 g/mol. The second-order valence-corrected chi connectivity index (χ2v) is 2.73. The molecule has 0 radical (unpaired) electrons. The van der Waals surface area contributed by atoms with Crippen molar-refractivity contribution in [2.24, 2.45) is 0 Å². The van der Waals surface area contributed by atoms with Gasteiger partial charge < -0.3 is 10.4 Å². The lowest BCUT2D eigenvalue weighted by Crippen LogP contribution is -2.49. The van der Waals surface area contributed by atoms with Crippen molar-refractivity contribution in [2.75, 3.05) is 6.54 Å². The van der Waals surface area contributed by atoms with E-state index in [2.05, 4.69) is 5.32 Å². The highest BCUT2D eigenvalue weighted by molar-refractivity contribution is 4.82. The highest BCUT2D eigenvalue weighted by Crippen LogP contribution is 2.25. The number of rotatable bonds is 0. The molecule has 0 spiro atoms. The maximum atomic E-state index is 11.9. The van der Waals surface area contributed by atoms with Gasteiger partial charge in [-0.05, 0) is 19.4 Å². The zero-order valence-corrected chi connectivity index (χ0v) is 5.86. The third kappa shape index (κ3) is 2.34. The number of aliphatic hydroxyl groups excluding tert-OH is 1. The van der Waals surface area contributed by atoms with Crippen molar-refractivity contribution in [1.82, 2.24) is 5.32 Å². The lowest BCUT2D eigenvalue weighted by molar-refractivity contribution is -0.167. The zero-order valence-electron chi connectivity index (χ0n) is 5.86. The highest BCUT2D eigenvalue weighted by atomic mass is 19.4. The molecule has 0 unspecified atom stereocenters. The van der Waals surface area contributed by atoms with E-state index in [1.165, 1.54) is 0 Å². The molecule has 0 bridgehead atoms. The summed E-state index contributed by atoms with van der Waals surface area (Å²) in [7, 11) is 0. The van der Waals surface area contributed by atoms with Gasteiger partial charge in [-0.25, -0.2) is 0 Å². The van der Waals surface area contributed by atoms with Gasteiger partial charge in [0.2, 0.25) is 0 Å². The van der Waals surface area contributed by atoms with Gasteiger partial charge in [0.15, 0.2) is 0 Å². The largest absolute Gasteiger partial charge is 0.403 e. The Balaban J connectivity index is 2.46. The van der Waals surface area contributed by atoms with Crippen molar-refractivity contribution in [3.63, 3.8) is 0 Å². The summed E-state index contributed by atoms with van der Waals surface area (Å²) in [6, 6.07) is -1.52. The molecule has 2 N–H and O–H groups in total. The Bertz CT molecular complexity index is 136. The van der Waals surface area contributed by atoms with Gasteiger partial charge >= 0.3 is 6.18 Å². The summed E-state index contributed by atoms with van der Waals surface area (Å²) in [6.07, 6.45) is -4.83. The van der Waals surface area contributed by atoms with Crippen molar-refractivity contribution < 1.29 is 18.3 Å². The standard InChI is InChI=1S/C6H10F3NO/c7-6(8,9)5-3-4(11)1-2-10-5/h4-5,10-11H,1-3H2/t4-,5+/m1/s1. The second-order valence-electron chi connectivity index (χ2n) is 2.73. The first-order valence-electron chi connectivity index (χ1n) is 3.48. The lowest BCUT2D eigenvalue weighted by Gasteiger charge is -2.28. The van der Waals surface area contributed by atoms with E-state index in [-0.39, 0.29) is 13.0 Å². The second kappa shape index (κ2) is 2.98. The Kier molecular flexibility index (Phi) is 2.39. The number of nitrogens with one attached hydrogen (secondary N) is 1. The predicted molar refractivity (Wildman–Crippen MR) is 33.1 cm³/mol. The summed E-state index contributed by atoms with van der Waals surface area (Å²) in [5, 5.41) is 11.2. The first-order chi connectivity index (χ1) is 5.00. The molecule has 1 saturated heterocycles. The molecule has 66 valence electrons. The third-order valence-electron chi connectivity index (χ3n) is 1.77. The van der Waals surface area contributed by atoms with Crippen molar-refractivity contribution in [1.29, 1.82) is 0 Å². The van der Waals surface area contributed by atoms with Crippen molar-refractivity contribution in [3.05, 3.63) is 0 Å². The zero-order chi connectivity index (χ0) is 8.48. The van der Waals surface area contributed by atoms with E-state index in [1.54, 1.807) is 0 Å². The predicted octanol–water partition coefficient (Wildman–Crippen LogP) is 0.662. The maximum absolute atomic E-state index is 11.9. The third-order valence-corrected chi connectivity index (χ3v) is 1.77. The van der Waals surface area contributed by atoms with E-state index in [9.17, 15) is 13.2 Å². The number of alkyl halides is 3. The summed E-state index contributed by atoms with van der Waals surface area (Å²) < 4.78 is 35.8. The molecule has 1 aliphatic heterocycles. The highest BCUT2D eigenvalue weighted by Gasteiger charge is 2.41. The molecule has 0 aromatic carbocycles. The smallest absolute Gasteiger partial charge is 0.393 e. The molecule has 2 nitrogen and oxygen atoms in total. The van der Waals surface area contributed by atoms with Gasteiger partial charge in [-0.2, -0.15) is 13.2 Å². The molecule has 2 atom stereocenters. The van der Waals surface area contributed by atoms with Crippen LogP contribution in [0.3, 0.4) is 0 Å². The van der Waals surface area contributed by atoms with Crippen LogP contribution in [-0.4, -0.2) is 30.0 Å². The van der Waals surface area contributed by atoms with Crippen molar-refractivity contribution in [2.45, 2.75) is 31.2 Å². The Morgan fingerprint density at radius 2 is 2.00 bits per heavy atom. The van der Waals surface area contributed by atoms with Crippen molar-refractivity contribution >= 4 is 0 Å². The number of halogens is 3. The minimum Gasteiger partial charge on any atom is -0.393 e. The summed E-state index contributed by atoms with van der Waals surface area (Å²) in [4.78, 5) is 0. The Morgan fingerprint density at radius 3 is 2.36 bits per heavy atom. The topological polar surface area (TPSA) is 32.3 Å². The molecule has 1 fully saturated rings. The molecule has 0 aliphatic carbocycles. The first kappa shape index (κ1) is 8.80. The Labute approximate surface area is 62.4 Å². The molecule has 1 aliphatic rings. The van der Waals surface area contributed by atoms with E-state index in [0.29, 0.717) is 6.42 Å². The number of aliphatic hydroxyl groups is 1. The molecule has 0 amide bonds. The molecular formula is C6H10F3NO. The van der Waals surface area contributed by atoms with Gasteiger partial charge in [0.1, 0.15) is 6.04 Å². The van der Waals surface area contributed by atoms with Gasteiger partial charge in [-0.1, -0.05) is 0 Å². The average molecular weight is 169 g/mol. The van der Waals surface area contributed by atoms with Gasteiger partial charge in [-0.3, -0.25) is 0 Å². The van der Waals surface area contributed by atoms with Crippen LogP contribution in [0.4, 0.5) is 13.2 Å². The van der Waals surface area contributed by atoms with Crippen LogP contribution >= 0.6 is 0 Å². The fourth-order valence-corrected chi connectivity index (χ4v) is 1.15. The van der Waals surface area contributed by atoms with Crippen LogP contribution in [0.5, 0.6) is 0 Å². The van der Waals surface area contributed by atoms with E-state index >= 15 is 0 Å². The van der Waals surface area contributed by atoms with Crippen molar-refractivity contribution in [3.8, 4) is 0 Å². The van der Waals surface area contributed by atoms with Gasteiger partial charge in [0, 0.05) is 0 Å². The molecule has 1 heterocycles. The maximum Gasteiger partial charge on any atom is 0.403 e. The van der Waals surface area contributed by atoms with Crippen LogP contribution in [0.1, 0.15) is 12.8 Å². The van der Waals surface area contributed by atoms with E-state index in [1.807, 2.05) is 0 Å². The summed E-state index contributed by atoms with van der Waals surface area (Å²) >= 11 is 0. The lowest BCUT2D eigenvalue weighted by atomic mass is 10.0. The van der Waals surface area contributed by atoms with Gasteiger partial charge in [-0.15, -0.1) is 0 Å². The monoisotopic (exact) mass is 169 g/mol. The molecule has 11 heavy (non-hydrogen) atoms. The van der Waals surface area contributed by atoms with Gasteiger partial charge in [0.25, 0.3) is 0 Å². The molecule has 5 heteroatoms. The Morgan fingerprint density at radius 1 is 1.36 bits per heavy atom. The van der Waals surface area contributed by atoms with E-state index in [0.717, 1.165) is 0 Å². The fourth-order valence-electron chi connectivity index (χ4n) is 1.15. The van der Waals surface area contributed by atoms with Crippen LogP contribution in [0.2, 0.25) is 0 Å². The van der Waals surface area contributed by atoms with Gasteiger partial charge in [0.05, 0.1) is 6.10 Å². The van der Waals surface area contributed by atoms with Crippen LogP contribution in [0.15, 0.2) is 0 Å². The summed E-state index contributed by atoms with van der Waals surface area (Å²) in [6.45, 7) is 0.241. The van der Waals surface area contributed by atoms with E-state index < -0.39 is 18.3 Å². The summed E-state index contributed by atoms with van der Waals surface area (Å²) in [5.41, 5.74) is 0. The van der Waals surface area contributed by atoms with Crippen LogP contribution in [-0.2, 0) is 0 Å². The van der Waals surface area contributed by atoms with Crippen LogP contribution < -0.4 is 5.32 Å². The number of hydrogen-bond acceptors (Lipinski definition) is 2. The van der Waals surface area contributed by atoms with Crippen LogP contribution in [0.25, 0.3) is 0 Å². The molecule has 0 aromatic heterocycles. The van der Waals surface area contributed by atoms with Crippen LogP contribution in [0, 0.1) is 0 Å². The average Bonchev–Trinajstić information content (AvgIpc) is 1.86. The Hall–Kier alpha value is -0.290. The normalized spacial score (nSPS) is 33.8. The number of piperidine rings is 1. The molecule has 0 saturated carbocycles. The SMILES string of the molecule is O[C@@H]1CCN[C@H](C(F)(F)F)C1. The molecule has 0 aromatic rings. The van der Waals surface area contributed by atoms with E-state index in [4.69, 9.17) is 5.11 Å². The number of hydrogen-bond donors (Lipinski definition) is 2. The first-order valence-corrected chi connectivity index (χ1v) is 3.48. The summed E-state index contributed by atoms with van der Waals surface area (Å²) in [5.74, 6) is 0. The minimum absolute atomic E-state index is 0.219.